The quantitative estimate of drug-likeness (QED) is 0.171. The first-order chi connectivity index (χ1) is 27.7. The van der Waals surface area contributed by atoms with Crippen LogP contribution in [-0.2, 0) is 0 Å². The third-order valence-electron chi connectivity index (χ3n) is 10.6. The van der Waals surface area contributed by atoms with Gasteiger partial charge in [-0.2, -0.15) is 0 Å². The summed E-state index contributed by atoms with van der Waals surface area (Å²) in [6.07, 6.45) is 1.82. The third-order valence-corrected chi connectivity index (χ3v) is 11.7. The maximum Gasteiger partial charge on any atom is 0.160 e. The van der Waals surface area contributed by atoms with Crippen LogP contribution in [0.1, 0.15) is 0 Å². The Morgan fingerprint density at radius 3 is 1.89 bits per heavy atom. The van der Waals surface area contributed by atoms with Gasteiger partial charge in [-0.05, 0) is 71.3 Å². The number of para-hydroxylation sites is 1. The summed E-state index contributed by atoms with van der Waals surface area (Å²) in [5.74, 6) is 0.664. The molecule has 262 valence electrons. The number of rotatable bonds is 6. The van der Waals surface area contributed by atoms with Crippen LogP contribution < -0.4 is 0 Å². The molecule has 0 radical (unpaired) electrons. The molecule has 4 nitrogen and oxygen atoms in total. The van der Waals surface area contributed by atoms with Gasteiger partial charge in [0.05, 0.1) is 17.1 Å². The molecule has 0 spiro atoms. The first-order valence-electron chi connectivity index (χ1n) is 18.7. The minimum absolute atomic E-state index is 0.664. The second kappa shape index (κ2) is 13.3. The Morgan fingerprint density at radius 1 is 0.393 bits per heavy atom. The van der Waals surface area contributed by atoms with Crippen LogP contribution in [0.5, 0.6) is 0 Å². The van der Waals surface area contributed by atoms with Crippen molar-refractivity contribution in [3.63, 3.8) is 0 Å². The lowest BCUT2D eigenvalue weighted by Gasteiger charge is -2.11. The van der Waals surface area contributed by atoms with E-state index in [1.807, 2.05) is 60.0 Å². The van der Waals surface area contributed by atoms with Gasteiger partial charge >= 0.3 is 0 Å². The second-order valence-corrected chi connectivity index (χ2v) is 15.1. The summed E-state index contributed by atoms with van der Waals surface area (Å²) >= 11 is 1.84. The zero-order chi connectivity index (χ0) is 37.0. The minimum atomic E-state index is 0.664. The molecule has 0 aliphatic carbocycles. The molecule has 11 aromatic rings. The Kier molecular flexibility index (Phi) is 7.64. The van der Waals surface area contributed by atoms with E-state index in [2.05, 4.69) is 145 Å². The Morgan fingerprint density at radius 2 is 1.05 bits per heavy atom. The maximum atomic E-state index is 6.70. The van der Waals surface area contributed by atoms with Crippen molar-refractivity contribution in [2.75, 3.05) is 0 Å². The van der Waals surface area contributed by atoms with E-state index in [0.717, 1.165) is 78.0 Å². The number of pyridine rings is 1. The Labute approximate surface area is 327 Å². The largest absolute Gasteiger partial charge is 0.455 e. The molecule has 4 heterocycles. The molecular weight excluding hydrogens is 703 g/mol. The van der Waals surface area contributed by atoms with E-state index in [1.54, 1.807) is 0 Å². The fraction of sp³-hybridized carbons (Fsp3) is 0. The molecule has 0 bridgehead atoms. The molecule has 5 heteroatoms. The van der Waals surface area contributed by atoms with Crippen molar-refractivity contribution in [2.45, 2.75) is 0 Å². The Balaban J connectivity index is 1.02. The minimum Gasteiger partial charge on any atom is -0.455 e. The van der Waals surface area contributed by atoms with Crippen LogP contribution in [0, 0.1) is 0 Å². The van der Waals surface area contributed by atoms with Gasteiger partial charge in [-0.25, -0.2) is 9.97 Å². The third kappa shape index (κ3) is 5.56. The van der Waals surface area contributed by atoms with Crippen molar-refractivity contribution < 1.29 is 4.42 Å². The number of nitrogens with zero attached hydrogens (tertiary/aromatic N) is 3. The van der Waals surface area contributed by atoms with E-state index < -0.39 is 0 Å². The molecule has 0 saturated heterocycles. The second-order valence-electron chi connectivity index (χ2n) is 14.0. The molecular formula is C51H31N3OS. The van der Waals surface area contributed by atoms with Crippen molar-refractivity contribution in [1.82, 2.24) is 15.0 Å². The summed E-state index contributed by atoms with van der Waals surface area (Å²) in [5.41, 5.74) is 12.8. The van der Waals surface area contributed by atoms with Crippen LogP contribution in [0.15, 0.2) is 193 Å². The maximum absolute atomic E-state index is 6.70. The van der Waals surface area contributed by atoms with E-state index in [-0.39, 0.29) is 0 Å². The van der Waals surface area contributed by atoms with Gasteiger partial charge < -0.3 is 4.42 Å². The van der Waals surface area contributed by atoms with Crippen LogP contribution in [0.3, 0.4) is 0 Å². The van der Waals surface area contributed by atoms with Gasteiger partial charge in [-0.1, -0.05) is 127 Å². The molecule has 0 amide bonds. The van der Waals surface area contributed by atoms with Crippen molar-refractivity contribution >= 4 is 53.4 Å². The summed E-state index contributed by atoms with van der Waals surface area (Å²) in [4.78, 5) is 14.8. The van der Waals surface area contributed by atoms with Crippen LogP contribution in [0.4, 0.5) is 0 Å². The SMILES string of the molecule is c1ccc(-c2cc(-c3cccc(-c4ccccn4)c3)nc(-c3ccc(-c4ccc(-c5ccc6sc7ccccc7c6c5)c5c4oc4ccccc45)cc3)n2)cc1. The van der Waals surface area contributed by atoms with E-state index in [4.69, 9.17) is 14.4 Å². The molecule has 56 heavy (non-hydrogen) atoms. The number of benzene rings is 7. The van der Waals surface area contributed by atoms with Crippen LogP contribution in [0.2, 0.25) is 0 Å². The summed E-state index contributed by atoms with van der Waals surface area (Å²) in [6, 6.07) is 63.6. The smallest absolute Gasteiger partial charge is 0.160 e. The van der Waals surface area contributed by atoms with Gasteiger partial charge in [0.2, 0.25) is 0 Å². The van der Waals surface area contributed by atoms with E-state index in [1.165, 1.54) is 25.7 Å². The fourth-order valence-corrected chi connectivity index (χ4v) is 8.93. The summed E-state index contributed by atoms with van der Waals surface area (Å²) in [6.45, 7) is 0. The van der Waals surface area contributed by atoms with E-state index in [0.29, 0.717) is 5.82 Å². The summed E-state index contributed by atoms with van der Waals surface area (Å²) in [7, 11) is 0. The molecule has 4 aromatic heterocycles. The lowest BCUT2D eigenvalue weighted by atomic mass is 9.93. The topological polar surface area (TPSA) is 51.8 Å². The molecule has 0 unspecified atom stereocenters. The van der Waals surface area contributed by atoms with Crippen LogP contribution >= 0.6 is 11.3 Å². The highest BCUT2D eigenvalue weighted by molar-refractivity contribution is 7.25. The number of thiophene rings is 1. The normalized spacial score (nSPS) is 11.6. The summed E-state index contributed by atoms with van der Waals surface area (Å²) in [5, 5.41) is 4.81. The molecule has 11 rings (SSSR count). The van der Waals surface area contributed by atoms with Crippen LogP contribution in [-0.4, -0.2) is 15.0 Å². The van der Waals surface area contributed by atoms with Gasteiger partial charge in [0.1, 0.15) is 11.2 Å². The molecule has 0 N–H and O–H groups in total. The van der Waals surface area contributed by atoms with Gasteiger partial charge in [0.25, 0.3) is 0 Å². The standard InChI is InChI=1S/C51H31N3OS/c1-2-11-33(12-3-1)44-31-45(37-14-10-13-36(29-37)43-17-8-9-28-52-43)54-51(53-44)34-22-20-32(21-23-34)39-26-25-38(49-41-16-4-6-18-46(41)55-50(39)49)35-24-27-48-42(30-35)40-15-5-7-19-47(40)56-48/h1-31H. The molecule has 0 aliphatic rings. The average molecular weight is 734 g/mol. The first kappa shape index (κ1) is 32.2. The Bertz CT molecular complexity index is 3240. The lowest BCUT2D eigenvalue weighted by Crippen LogP contribution is -1.96. The zero-order valence-electron chi connectivity index (χ0n) is 30.1. The molecule has 0 aliphatic heterocycles. The summed E-state index contributed by atoms with van der Waals surface area (Å²) < 4.78 is 9.30. The van der Waals surface area contributed by atoms with Gasteiger partial charge in [-0.15, -0.1) is 11.3 Å². The zero-order valence-corrected chi connectivity index (χ0v) is 30.9. The van der Waals surface area contributed by atoms with Crippen molar-refractivity contribution in [1.29, 1.82) is 0 Å². The number of hydrogen-bond acceptors (Lipinski definition) is 5. The molecule has 7 aromatic carbocycles. The number of aromatic nitrogens is 3. The highest BCUT2D eigenvalue weighted by Crippen LogP contribution is 2.44. The highest BCUT2D eigenvalue weighted by atomic mass is 32.1. The predicted octanol–water partition coefficient (Wildman–Crippen LogP) is 14.1. The lowest BCUT2D eigenvalue weighted by molar-refractivity contribution is 0.670. The highest BCUT2D eigenvalue weighted by Gasteiger charge is 2.19. The van der Waals surface area contributed by atoms with Gasteiger partial charge in [0, 0.05) is 65.0 Å². The van der Waals surface area contributed by atoms with Crippen molar-refractivity contribution in [3.8, 4) is 67.4 Å². The molecule has 0 saturated carbocycles. The Hall–Kier alpha value is -7.21. The van der Waals surface area contributed by atoms with Gasteiger partial charge in [-0.3, -0.25) is 4.98 Å². The fourth-order valence-electron chi connectivity index (χ4n) is 7.84. The van der Waals surface area contributed by atoms with E-state index >= 15 is 0 Å². The van der Waals surface area contributed by atoms with Crippen LogP contribution in [0.25, 0.3) is 110 Å². The number of furan rings is 1. The predicted molar refractivity (Wildman–Crippen MR) is 233 cm³/mol. The monoisotopic (exact) mass is 733 g/mol. The number of fused-ring (bicyclic) bond motifs is 6. The number of hydrogen-bond donors (Lipinski definition) is 0. The molecule has 0 fully saturated rings. The average Bonchev–Trinajstić information content (AvgIpc) is 3.85. The van der Waals surface area contributed by atoms with E-state index in [9.17, 15) is 0 Å². The van der Waals surface area contributed by atoms with Crippen molar-refractivity contribution in [3.05, 3.63) is 188 Å². The molecule has 0 atom stereocenters. The first-order valence-corrected chi connectivity index (χ1v) is 19.5. The van der Waals surface area contributed by atoms with Gasteiger partial charge in [0.15, 0.2) is 5.82 Å². The van der Waals surface area contributed by atoms with Crippen molar-refractivity contribution in [2.24, 2.45) is 0 Å².